The van der Waals surface area contributed by atoms with Gasteiger partial charge in [0.05, 0.1) is 5.76 Å². The summed E-state index contributed by atoms with van der Waals surface area (Å²) in [5, 5.41) is 8.62. The summed E-state index contributed by atoms with van der Waals surface area (Å²) >= 11 is 0. The van der Waals surface area contributed by atoms with Crippen molar-refractivity contribution in [2.45, 2.75) is 20.8 Å². The van der Waals surface area contributed by atoms with E-state index in [0.29, 0.717) is 18.3 Å². The van der Waals surface area contributed by atoms with Crippen molar-refractivity contribution in [3.8, 4) is 5.75 Å². The van der Waals surface area contributed by atoms with Crippen LogP contribution in [0.15, 0.2) is 42.2 Å². The van der Waals surface area contributed by atoms with Crippen LogP contribution in [0.5, 0.6) is 5.75 Å². The van der Waals surface area contributed by atoms with E-state index in [9.17, 15) is 4.79 Å². The van der Waals surface area contributed by atoms with Gasteiger partial charge in [0, 0.05) is 12.5 Å². The third-order valence-corrected chi connectivity index (χ3v) is 3.55. The zero-order chi connectivity index (χ0) is 18.8. The molecule has 1 rings (SSSR count). The van der Waals surface area contributed by atoms with Crippen molar-refractivity contribution < 1.29 is 19.4 Å². The molecule has 0 heterocycles. The van der Waals surface area contributed by atoms with Crippen LogP contribution in [0.4, 0.5) is 0 Å². The van der Waals surface area contributed by atoms with Crippen LogP contribution in [0.1, 0.15) is 26.3 Å². The lowest BCUT2D eigenvalue weighted by atomic mass is 10.1. The Kier molecular flexibility index (Phi) is 8.78. The number of likely N-dealkylation sites (N-methyl/N-ethyl adjacent to an activating group) is 1. The third kappa shape index (κ3) is 8.40. The molecule has 0 atom stereocenters. The molecule has 0 fully saturated rings. The number of carboxylic acid groups (broad SMARTS) is 1. The average molecular weight is 347 g/mol. The Morgan fingerprint density at radius 2 is 1.84 bits per heavy atom. The predicted octanol–water partition coefficient (Wildman–Crippen LogP) is 3.67. The highest BCUT2D eigenvalue weighted by Crippen LogP contribution is 2.20. The molecule has 0 aliphatic heterocycles. The molecule has 5 nitrogen and oxygen atoms in total. The summed E-state index contributed by atoms with van der Waals surface area (Å²) in [7, 11) is 4.05. The molecule has 0 spiro atoms. The number of allylic oxidation sites excluding steroid dienone is 4. The van der Waals surface area contributed by atoms with Crippen molar-refractivity contribution >= 4 is 11.5 Å². The number of ether oxygens (including phenoxy) is 2. The Morgan fingerprint density at radius 1 is 1.20 bits per heavy atom. The second-order valence-electron chi connectivity index (χ2n) is 6.43. The Balaban J connectivity index is 2.74. The maximum atomic E-state index is 10.5. The van der Waals surface area contributed by atoms with E-state index in [2.05, 4.69) is 18.7 Å². The molecule has 0 saturated heterocycles. The molecule has 0 bridgehead atoms. The molecule has 0 aromatic heterocycles. The summed E-state index contributed by atoms with van der Waals surface area (Å²) in [5.41, 5.74) is 2.15. The summed E-state index contributed by atoms with van der Waals surface area (Å²) in [6.45, 7) is 7.46. The first-order valence-corrected chi connectivity index (χ1v) is 8.40. The highest BCUT2D eigenvalue weighted by Gasteiger charge is 2.05. The Morgan fingerprint density at radius 3 is 2.36 bits per heavy atom. The molecule has 0 radical (unpaired) electrons. The summed E-state index contributed by atoms with van der Waals surface area (Å²) < 4.78 is 11.0. The standard InChI is InChI=1S/C20H29NO4/c1-15(2)19(24-13-12-21(4)5)11-6-16(3)17-7-9-18(10-8-17)25-14-20(22)23/h6-11,15H,12-14H2,1-5H3,(H,22,23)/b16-6+,19-11+. The molecule has 1 aromatic carbocycles. The second-order valence-corrected chi connectivity index (χ2v) is 6.43. The summed E-state index contributed by atoms with van der Waals surface area (Å²) in [5.74, 6) is 0.839. The number of aliphatic carboxylic acids is 1. The van der Waals surface area contributed by atoms with Crippen LogP contribution in [0, 0.1) is 5.92 Å². The first-order chi connectivity index (χ1) is 11.8. The highest BCUT2D eigenvalue weighted by molar-refractivity contribution is 5.69. The van der Waals surface area contributed by atoms with Gasteiger partial charge in [-0.15, -0.1) is 0 Å². The molecule has 25 heavy (non-hydrogen) atoms. The van der Waals surface area contributed by atoms with Gasteiger partial charge in [0.15, 0.2) is 6.61 Å². The molecule has 0 amide bonds. The first-order valence-electron chi connectivity index (χ1n) is 8.40. The summed E-state index contributed by atoms with van der Waals surface area (Å²) in [6, 6.07) is 7.38. The van der Waals surface area contributed by atoms with Crippen LogP contribution in [-0.4, -0.2) is 49.8 Å². The molecule has 0 saturated carbocycles. The molecule has 5 heteroatoms. The number of carbonyl (C=O) groups is 1. The van der Waals surface area contributed by atoms with Crippen molar-refractivity contribution in [1.82, 2.24) is 4.90 Å². The fourth-order valence-electron chi connectivity index (χ4n) is 2.02. The van der Waals surface area contributed by atoms with Crippen LogP contribution in [-0.2, 0) is 9.53 Å². The lowest BCUT2D eigenvalue weighted by molar-refractivity contribution is -0.139. The van der Waals surface area contributed by atoms with Crippen molar-refractivity contribution in [2.75, 3.05) is 33.9 Å². The summed E-state index contributed by atoms with van der Waals surface area (Å²) in [6.07, 6.45) is 4.06. The molecule has 0 aliphatic carbocycles. The van der Waals surface area contributed by atoms with E-state index >= 15 is 0 Å². The summed E-state index contributed by atoms with van der Waals surface area (Å²) in [4.78, 5) is 12.6. The minimum absolute atomic E-state index is 0.318. The molecule has 0 aliphatic rings. The van der Waals surface area contributed by atoms with E-state index in [4.69, 9.17) is 14.6 Å². The van der Waals surface area contributed by atoms with Gasteiger partial charge >= 0.3 is 5.97 Å². The van der Waals surface area contributed by atoms with Gasteiger partial charge in [0.1, 0.15) is 12.4 Å². The van der Waals surface area contributed by atoms with Crippen molar-refractivity contribution in [2.24, 2.45) is 5.92 Å². The van der Waals surface area contributed by atoms with Gasteiger partial charge in [0.25, 0.3) is 0 Å². The van der Waals surface area contributed by atoms with Gasteiger partial charge in [0.2, 0.25) is 0 Å². The topological polar surface area (TPSA) is 59.0 Å². The Hall–Kier alpha value is -2.27. The van der Waals surface area contributed by atoms with E-state index in [1.54, 1.807) is 12.1 Å². The number of rotatable bonds is 10. The van der Waals surface area contributed by atoms with Crippen LogP contribution in [0.2, 0.25) is 0 Å². The number of benzene rings is 1. The lowest BCUT2D eigenvalue weighted by Gasteiger charge is -2.16. The predicted molar refractivity (Wildman–Crippen MR) is 101 cm³/mol. The smallest absolute Gasteiger partial charge is 0.341 e. The molecule has 138 valence electrons. The first kappa shape index (κ1) is 20.8. The molecular formula is C20H29NO4. The van der Waals surface area contributed by atoms with E-state index in [0.717, 1.165) is 23.4 Å². The fourth-order valence-corrected chi connectivity index (χ4v) is 2.02. The molecular weight excluding hydrogens is 318 g/mol. The minimum atomic E-state index is -0.985. The second kappa shape index (κ2) is 10.6. The minimum Gasteiger partial charge on any atom is -0.496 e. The van der Waals surface area contributed by atoms with Crippen LogP contribution in [0.3, 0.4) is 0 Å². The zero-order valence-corrected chi connectivity index (χ0v) is 15.8. The number of hydrogen-bond donors (Lipinski definition) is 1. The normalized spacial score (nSPS) is 12.6. The van der Waals surface area contributed by atoms with Gasteiger partial charge in [-0.1, -0.05) is 32.1 Å². The van der Waals surface area contributed by atoms with Gasteiger partial charge in [-0.3, -0.25) is 0 Å². The van der Waals surface area contributed by atoms with Gasteiger partial charge in [-0.25, -0.2) is 4.79 Å². The number of nitrogens with zero attached hydrogens (tertiary/aromatic N) is 1. The largest absolute Gasteiger partial charge is 0.496 e. The van der Waals surface area contributed by atoms with Crippen LogP contribution >= 0.6 is 0 Å². The maximum absolute atomic E-state index is 10.5. The Bertz CT molecular complexity index is 601. The Labute approximate surface area is 150 Å². The van der Waals surface area contributed by atoms with Crippen molar-refractivity contribution in [1.29, 1.82) is 0 Å². The molecule has 0 unspecified atom stereocenters. The van der Waals surface area contributed by atoms with Gasteiger partial charge < -0.3 is 19.5 Å². The monoisotopic (exact) mass is 347 g/mol. The molecule has 1 aromatic rings. The average Bonchev–Trinajstić information content (AvgIpc) is 2.55. The van der Waals surface area contributed by atoms with E-state index in [1.807, 2.05) is 45.3 Å². The fraction of sp³-hybridized carbons (Fsp3) is 0.450. The number of carboxylic acids is 1. The zero-order valence-electron chi connectivity index (χ0n) is 15.8. The lowest BCUT2D eigenvalue weighted by Crippen LogP contribution is -2.18. The highest BCUT2D eigenvalue weighted by atomic mass is 16.5. The van der Waals surface area contributed by atoms with Crippen molar-refractivity contribution in [3.05, 3.63) is 47.7 Å². The van der Waals surface area contributed by atoms with Gasteiger partial charge in [-0.2, -0.15) is 0 Å². The maximum Gasteiger partial charge on any atom is 0.341 e. The number of hydrogen-bond acceptors (Lipinski definition) is 4. The van der Waals surface area contributed by atoms with Crippen molar-refractivity contribution in [3.63, 3.8) is 0 Å². The van der Waals surface area contributed by atoms with Crippen LogP contribution in [0.25, 0.3) is 5.57 Å². The third-order valence-electron chi connectivity index (χ3n) is 3.55. The van der Waals surface area contributed by atoms with Crippen LogP contribution < -0.4 is 4.74 Å². The van der Waals surface area contributed by atoms with E-state index < -0.39 is 5.97 Å². The molecule has 1 N–H and O–H groups in total. The van der Waals surface area contributed by atoms with Gasteiger partial charge in [-0.05, 0) is 50.4 Å². The quantitative estimate of drug-likeness (QED) is 0.517. The van der Waals surface area contributed by atoms with E-state index in [-0.39, 0.29) is 6.61 Å². The van der Waals surface area contributed by atoms with E-state index in [1.165, 1.54) is 0 Å². The SMILES string of the molecule is C/C(=C\C=C(\OCCN(C)C)C(C)C)c1ccc(OCC(=O)O)cc1.